The Hall–Kier alpha value is -0.0700. The van der Waals surface area contributed by atoms with Crippen LogP contribution in [0.15, 0.2) is 0 Å². The molecule has 1 amide bonds. The number of morpholine rings is 1. The highest BCUT2D eigenvalue weighted by atomic mass is 35.5. The first kappa shape index (κ1) is 19.9. The van der Waals surface area contributed by atoms with Crippen molar-refractivity contribution < 1.29 is 9.53 Å². The summed E-state index contributed by atoms with van der Waals surface area (Å²) in [6.07, 6.45) is 2.08. The molecule has 2 fully saturated rings. The molecule has 1 atom stereocenters. The van der Waals surface area contributed by atoms with Crippen LogP contribution in [0.3, 0.4) is 0 Å². The van der Waals surface area contributed by atoms with E-state index in [4.69, 9.17) is 4.74 Å². The van der Waals surface area contributed by atoms with Crippen LogP contribution in [-0.4, -0.2) is 63.3 Å². The van der Waals surface area contributed by atoms with Gasteiger partial charge in [-0.15, -0.1) is 24.8 Å². The fraction of sp³-hybridized carbons (Fsp3) is 0.923. The maximum atomic E-state index is 12.2. The summed E-state index contributed by atoms with van der Waals surface area (Å²) in [5, 5.41) is 6.39. The molecule has 2 rings (SSSR count). The number of piperidine rings is 1. The predicted octanol–water partition coefficient (Wildman–Crippen LogP) is 0.668. The lowest BCUT2D eigenvalue weighted by Crippen LogP contribution is -2.50. The van der Waals surface area contributed by atoms with Gasteiger partial charge in [0.25, 0.3) is 0 Å². The molecular formula is C13H27Cl2N3O2. The second-order valence-corrected chi connectivity index (χ2v) is 5.55. The second-order valence-electron chi connectivity index (χ2n) is 5.55. The minimum absolute atomic E-state index is 0. The largest absolute Gasteiger partial charge is 0.379 e. The van der Waals surface area contributed by atoms with Gasteiger partial charge in [0, 0.05) is 32.7 Å². The van der Waals surface area contributed by atoms with Gasteiger partial charge in [-0.2, -0.15) is 0 Å². The van der Waals surface area contributed by atoms with Crippen molar-refractivity contribution in [1.29, 1.82) is 0 Å². The van der Waals surface area contributed by atoms with E-state index in [2.05, 4.69) is 22.5 Å². The van der Waals surface area contributed by atoms with Gasteiger partial charge < -0.3 is 15.4 Å². The first-order valence-electron chi connectivity index (χ1n) is 7.00. The van der Waals surface area contributed by atoms with Crippen molar-refractivity contribution >= 4 is 30.7 Å². The molecule has 0 aliphatic carbocycles. The number of carbonyl (C=O) groups excluding carboxylic acids is 1. The summed E-state index contributed by atoms with van der Waals surface area (Å²) in [4.78, 5) is 14.5. The van der Waals surface area contributed by atoms with E-state index in [-0.39, 0.29) is 36.1 Å². The number of nitrogens with zero attached hydrogens (tertiary/aromatic N) is 1. The quantitative estimate of drug-likeness (QED) is 0.796. The monoisotopic (exact) mass is 327 g/mol. The van der Waals surface area contributed by atoms with Crippen LogP contribution in [-0.2, 0) is 9.53 Å². The van der Waals surface area contributed by atoms with Gasteiger partial charge in [-0.05, 0) is 26.3 Å². The summed E-state index contributed by atoms with van der Waals surface area (Å²) < 4.78 is 5.30. The van der Waals surface area contributed by atoms with Crippen LogP contribution in [0.25, 0.3) is 0 Å². The van der Waals surface area contributed by atoms with Gasteiger partial charge in [-0.1, -0.05) is 0 Å². The fourth-order valence-electron chi connectivity index (χ4n) is 2.62. The summed E-state index contributed by atoms with van der Waals surface area (Å²) in [7, 11) is 0. The molecule has 0 aromatic heterocycles. The van der Waals surface area contributed by atoms with E-state index in [1.807, 2.05) is 0 Å². The molecule has 7 heteroatoms. The summed E-state index contributed by atoms with van der Waals surface area (Å²) in [5.41, 5.74) is -0.219. The van der Waals surface area contributed by atoms with Crippen molar-refractivity contribution in [3.63, 3.8) is 0 Å². The van der Waals surface area contributed by atoms with E-state index in [9.17, 15) is 4.79 Å². The van der Waals surface area contributed by atoms with Crippen molar-refractivity contribution in [3.8, 4) is 0 Å². The number of amides is 1. The van der Waals surface area contributed by atoms with E-state index in [0.717, 1.165) is 65.3 Å². The van der Waals surface area contributed by atoms with Crippen molar-refractivity contribution in [2.24, 2.45) is 5.41 Å². The van der Waals surface area contributed by atoms with Crippen LogP contribution in [0, 0.1) is 5.41 Å². The van der Waals surface area contributed by atoms with Crippen LogP contribution >= 0.6 is 24.8 Å². The zero-order valence-corrected chi connectivity index (χ0v) is 13.8. The molecule has 0 saturated carbocycles. The highest BCUT2D eigenvalue weighted by molar-refractivity contribution is 5.85. The lowest BCUT2D eigenvalue weighted by molar-refractivity contribution is -0.131. The first-order valence-corrected chi connectivity index (χ1v) is 7.00. The van der Waals surface area contributed by atoms with Gasteiger partial charge in [0.05, 0.1) is 18.6 Å². The Kier molecular flexibility index (Phi) is 9.76. The number of rotatable bonds is 4. The minimum atomic E-state index is -0.219. The van der Waals surface area contributed by atoms with Gasteiger partial charge in [0.2, 0.25) is 5.91 Å². The third-order valence-electron chi connectivity index (χ3n) is 3.96. The number of carbonyl (C=O) groups is 1. The molecule has 20 heavy (non-hydrogen) atoms. The highest BCUT2D eigenvalue weighted by Crippen LogP contribution is 2.25. The van der Waals surface area contributed by atoms with Gasteiger partial charge in [0.15, 0.2) is 0 Å². The lowest BCUT2D eigenvalue weighted by Gasteiger charge is -2.33. The second kappa shape index (κ2) is 9.79. The molecule has 2 saturated heterocycles. The van der Waals surface area contributed by atoms with Crippen LogP contribution in [0.4, 0.5) is 0 Å². The molecule has 120 valence electrons. The van der Waals surface area contributed by atoms with E-state index in [1.165, 1.54) is 0 Å². The molecule has 2 heterocycles. The third kappa shape index (κ3) is 5.74. The zero-order chi connectivity index (χ0) is 12.8. The molecule has 0 aromatic carbocycles. The number of ether oxygens (including phenoxy) is 1. The molecular weight excluding hydrogens is 301 g/mol. The van der Waals surface area contributed by atoms with Gasteiger partial charge in [-0.3, -0.25) is 9.69 Å². The van der Waals surface area contributed by atoms with E-state index >= 15 is 0 Å². The van der Waals surface area contributed by atoms with Gasteiger partial charge in [-0.25, -0.2) is 0 Å². The Bertz CT molecular complexity index is 281. The van der Waals surface area contributed by atoms with E-state index in [1.54, 1.807) is 0 Å². The Labute approximate surface area is 134 Å². The van der Waals surface area contributed by atoms with E-state index in [0.29, 0.717) is 0 Å². The topological polar surface area (TPSA) is 53.6 Å². The normalized spacial score (nSPS) is 27.1. The first-order chi connectivity index (χ1) is 8.71. The van der Waals surface area contributed by atoms with Crippen molar-refractivity contribution in [1.82, 2.24) is 15.5 Å². The van der Waals surface area contributed by atoms with Crippen molar-refractivity contribution in [3.05, 3.63) is 0 Å². The smallest absolute Gasteiger partial charge is 0.227 e. The molecule has 5 nitrogen and oxygen atoms in total. The molecule has 0 bridgehead atoms. The molecule has 2 aliphatic rings. The minimum Gasteiger partial charge on any atom is -0.379 e. The number of nitrogens with one attached hydrogen (secondary N) is 2. The Morgan fingerprint density at radius 2 is 2.05 bits per heavy atom. The summed E-state index contributed by atoms with van der Waals surface area (Å²) in [6.45, 7) is 9.16. The molecule has 0 aromatic rings. The van der Waals surface area contributed by atoms with Gasteiger partial charge in [0.1, 0.15) is 0 Å². The summed E-state index contributed by atoms with van der Waals surface area (Å²) in [6, 6.07) is 0. The van der Waals surface area contributed by atoms with Crippen LogP contribution in [0.1, 0.15) is 19.8 Å². The fourth-order valence-corrected chi connectivity index (χ4v) is 2.62. The molecule has 1 unspecified atom stereocenters. The highest BCUT2D eigenvalue weighted by Gasteiger charge is 2.34. The Balaban J connectivity index is 0.00000180. The Morgan fingerprint density at radius 3 is 2.65 bits per heavy atom. The average Bonchev–Trinajstić information content (AvgIpc) is 2.41. The number of hydrogen-bond acceptors (Lipinski definition) is 4. The van der Waals surface area contributed by atoms with Crippen LogP contribution in [0.5, 0.6) is 0 Å². The maximum Gasteiger partial charge on any atom is 0.227 e. The molecule has 0 radical (unpaired) electrons. The van der Waals surface area contributed by atoms with E-state index < -0.39 is 0 Å². The SMILES string of the molecule is CC1(C(=O)NCCN2CCOCC2)CCCNC1.Cl.Cl. The van der Waals surface area contributed by atoms with Crippen LogP contribution < -0.4 is 10.6 Å². The average molecular weight is 328 g/mol. The van der Waals surface area contributed by atoms with Crippen LogP contribution in [0.2, 0.25) is 0 Å². The summed E-state index contributed by atoms with van der Waals surface area (Å²) in [5.74, 6) is 0.197. The van der Waals surface area contributed by atoms with Gasteiger partial charge >= 0.3 is 0 Å². The van der Waals surface area contributed by atoms with Crippen molar-refractivity contribution in [2.75, 3.05) is 52.5 Å². The number of hydrogen-bond donors (Lipinski definition) is 2. The lowest BCUT2D eigenvalue weighted by atomic mass is 9.82. The van der Waals surface area contributed by atoms with Crippen molar-refractivity contribution in [2.45, 2.75) is 19.8 Å². The molecule has 2 N–H and O–H groups in total. The molecule has 2 aliphatic heterocycles. The standard InChI is InChI=1S/C13H25N3O2.2ClH/c1-13(3-2-4-14-11-13)12(17)15-5-6-16-7-9-18-10-8-16;;/h14H,2-11H2,1H3,(H,15,17);2*1H. The predicted molar refractivity (Wildman–Crippen MR) is 85.0 cm³/mol. The third-order valence-corrected chi connectivity index (χ3v) is 3.96. The Morgan fingerprint density at radius 1 is 1.35 bits per heavy atom. The zero-order valence-electron chi connectivity index (χ0n) is 12.2. The maximum absolute atomic E-state index is 12.2. The molecule has 0 spiro atoms. The summed E-state index contributed by atoms with van der Waals surface area (Å²) >= 11 is 0. The number of halogens is 2.